The smallest absolute Gasteiger partial charge is 0.141 e. The molecule has 1 saturated heterocycles. The molecule has 1 aliphatic rings. The third kappa shape index (κ3) is 2.93. The average molecular weight is 306 g/mol. The second kappa shape index (κ2) is 6.10. The normalized spacial score (nSPS) is 21.0. The molecule has 2 radical (unpaired) electrons. The highest BCUT2D eigenvalue weighted by atomic mass is 15.2. The predicted molar refractivity (Wildman–Crippen MR) is 96.3 cm³/mol. The Hall–Kier alpha value is -1.64. The van der Waals surface area contributed by atoms with Crippen molar-refractivity contribution < 1.29 is 0 Å². The third-order valence-electron chi connectivity index (χ3n) is 4.89. The van der Waals surface area contributed by atoms with Gasteiger partial charge >= 0.3 is 0 Å². The maximum Gasteiger partial charge on any atom is 0.141 e. The van der Waals surface area contributed by atoms with Crippen molar-refractivity contribution in [2.45, 2.75) is 53.6 Å². The first-order chi connectivity index (χ1) is 10.9. The number of benzene rings is 2. The highest BCUT2D eigenvalue weighted by Crippen LogP contribution is 2.39. The maximum absolute atomic E-state index is 3.43. The second-order valence-corrected chi connectivity index (χ2v) is 6.99. The minimum absolute atomic E-state index is 0.218. The summed E-state index contributed by atoms with van der Waals surface area (Å²) in [6.45, 7) is 16.3. The molecule has 0 aliphatic carbocycles. The Morgan fingerprint density at radius 1 is 0.609 bits per heavy atom. The van der Waals surface area contributed by atoms with E-state index in [1.807, 2.05) is 0 Å². The summed E-state index contributed by atoms with van der Waals surface area (Å²) in [5.74, 6) is 0. The van der Waals surface area contributed by atoms with Crippen LogP contribution in [0.1, 0.15) is 56.6 Å². The Morgan fingerprint density at radius 2 is 0.913 bits per heavy atom. The molecule has 120 valence electrons. The molecular weight excluding hydrogens is 280 g/mol. The molecule has 0 bridgehead atoms. The minimum Gasteiger partial charge on any atom is -0.285 e. The molecule has 2 nitrogen and oxygen atoms in total. The van der Waals surface area contributed by atoms with E-state index in [0.717, 1.165) is 0 Å². The topological polar surface area (TPSA) is 24.1 Å². The van der Waals surface area contributed by atoms with E-state index in [9.17, 15) is 0 Å². The zero-order chi connectivity index (χ0) is 16.7. The van der Waals surface area contributed by atoms with Gasteiger partial charge in [-0.05, 0) is 74.9 Å². The van der Waals surface area contributed by atoms with E-state index in [2.05, 4.69) is 83.1 Å². The van der Waals surface area contributed by atoms with Gasteiger partial charge in [0.15, 0.2) is 0 Å². The molecule has 1 fully saturated rings. The fraction of sp³-hybridized carbons (Fsp3) is 0.381. The van der Waals surface area contributed by atoms with Gasteiger partial charge in [0.05, 0.1) is 12.1 Å². The molecule has 2 N–H and O–H groups in total. The molecule has 3 rings (SSSR count). The quantitative estimate of drug-likeness (QED) is 0.853. The summed E-state index contributed by atoms with van der Waals surface area (Å²) in [7, 11) is 0. The third-order valence-corrected chi connectivity index (χ3v) is 4.89. The summed E-state index contributed by atoms with van der Waals surface area (Å²) in [5, 5.41) is 6.86. The number of aryl methyl sites for hydroxylation is 6. The van der Waals surface area contributed by atoms with Crippen LogP contribution >= 0.6 is 0 Å². The molecule has 23 heavy (non-hydrogen) atoms. The van der Waals surface area contributed by atoms with Gasteiger partial charge in [-0.2, -0.15) is 0 Å². The minimum atomic E-state index is 0.218. The molecule has 0 spiro atoms. The van der Waals surface area contributed by atoms with E-state index < -0.39 is 0 Å². The van der Waals surface area contributed by atoms with Crippen LogP contribution in [0, 0.1) is 48.2 Å². The van der Waals surface area contributed by atoms with Crippen LogP contribution in [0.5, 0.6) is 0 Å². The van der Waals surface area contributed by atoms with Gasteiger partial charge in [-0.25, -0.2) is 0 Å². The maximum atomic E-state index is 3.43. The lowest BCUT2D eigenvalue weighted by atomic mass is 9.85. The van der Waals surface area contributed by atoms with Crippen molar-refractivity contribution in [2.75, 3.05) is 0 Å². The van der Waals surface area contributed by atoms with Crippen LogP contribution < -0.4 is 10.6 Å². The van der Waals surface area contributed by atoms with E-state index in [1.165, 1.54) is 44.5 Å². The lowest BCUT2D eigenvalue weighted by Crippen LogP contribution is -2.22. The molecule has 2 heteroatoms. The second-order valence-electron chi connectivity index (χ2n) is 6.99. The van der Waals surface area contributed by atoms with Crippen LogP contribution in [0.3, 0.4) is 0 Å². The SMILES string of the molecule is Cc1cc(C)c(C2N[C]NC2c2c(C)cc(C)cc2C)c(C)c1. The average Bonchev–Trinajstić information content (AvgIpc) is 2.85. The largest absolute Gasteiger partial charge is 0.285 e. The molecule has 0 saturated carbocycles. The van der Waals surface area contributed by atoms with E-state index in [1.54, 1.807) is 0 Å². The zero-order valence-electron chi connectivity index (χ0n) is 15.0. The van der Waals surface area contributed by atoms with Crippen LogP contribution in [-0.4, -0.2) is 0 Å². The van der Waals surface area contributed by atoms with Crippen molar-refractivity contribution in [1.82, 2.24) is 10.6 Å². The van der Waals surface area contributed by atoms with E-state index in [-0.39, 0.29) is 12.1 Å². The Bertz CT molecular complexity index is 636. The van der Waals surface area contributed by atoms with Crippen LogP contribution in [0.25, 0.3) is 0 Å². The Morgan fingerprint density at radius 3 is 1.22 bits per heavy atom. The Labute approximate surface area is 140 Å². The molecule has 1 aliphatic heterocycles. The Balaban J connectivity index is 2.09. The molecule has 2 unspecified atom stereocenters. The van der Waals surface area contributed by atoms with Crippen LogP contribution in [-0.2, 0) is 0 Å². The van der Waals surface area contributed by atoms with Crippen molar-refractivity contribution in [3.05, 3.63) is 75.4 Å². The standard InChI is InChI=1S/C21H26N2/c1-12-7-14(3)18(15(4)8-12)20-21(23-11-22-20)19-16(5)9-13(2)10-17(19)6/h7-10,20-23H,1-6H3. The summed E-state index contributed by atoms with van der Waals surface area (Å²) >= 11 is 0. The van der Waals surface area contributed by atoms with Crippen molar-refractivity contribution in [1.29, 1.82) is 0 Å². The van der Waals surface area contributed by atoms with Crippen LogP contribution in [0.4, 0.5) is 0 Å². The van der Waals surface area contributed by atoms with Crippen molar-refractivity contribution in [2.24, 2.45) is 0 Å². The number of nitrogens with one attached hydrogen (secondary N) is 2. The van der Waals surface area contributed by atoms with Gasteiger partial charge in [-0.3, -0.25) is 10.6 Å². The van der Waals surface area contributed by atoms with Gasteiger partial charge < -0.3 is 0 Å². The van der Waals surface area contributed by atoms with Gasteiger partial charge in [0.25, 0.3) is 0 Å². The van der Waals surface area contributed by atoms with Crippen molar-refractivity contribution >= 4 is 0 Å². The summed E-state index contributed by atoms with van der Waals surface area (Å²) in [5.41, 5.74) is 10.8. The first kappa shape index (κ1) is 16.2. The van der Waals surface area contributed by atoms with E-state index in [4.69, 9.17) is 0 Å². The molecule has 2 aromatic rings. The molecule has 0 aromatic heterocycles. The van der Waals surface area contributed by atoms with Gasteiger partial charge in [-0.15, -0.1) is 0 Å². The summed E-state index contributed by atoms with van der Waals surface area (Å²) in [4.78, 5) is 0. The van der Waals surface area contributed by atoms with Crippen molar-refractivity contribution in [3.63, 3.8) is 0 Å². The monoisotopic (exact) mass is 306 g/mol. The molecule has 2 atom stereocenters. The van der Waals surface area contributed by atoms with Gasteiger partial charge in [-0.1, -0.05) is 35.4 Å². The Kier molecular flexibility index (Phi) is 4.31. The fourth-order valence-corrected chi connectivity index (χ4v) is 4.21. The van der Waals surface area contributed by atoms with Gasteiger partial charge in [0.2, 0.25) is 0 Å². The molecule has 0 amide bonds. The lowest BCUT2D eigenvalue weighted by molar-refractivity contribution is 0.544. The number of rotatable bonds is 2. The van der Waals surface area contributed by atoms with Gasteiger partial charge in [0.1, 0.15) is 6.67 Å². The highest BCUT2D eigenvalue weighted by molar-refractivity contribution is 5.46. The number of hydrogen-bond acceptors (Lipinski definition) is 2. The van der Waals surface area contributed by atoms with Gasteiger partial charge in [0, 0.05) is 0 Å². The summed E-state index contributed by atoms with van der Waals surface area (Å²) < 4.78 is 0. The van der Waals surface area contributed by atoms with Crippen LogP contribution in [0.2, 0.25) is 0 Å². The summed E-state index contributed by atoms with van der Waals surface area (Å²) in [6, 6.07) is 9.52. The lowest BCUT2D eigenvalue weighted by Gasteiger charge is -2.26. The molecule has 1 heterocycles. The zero-order valence-corrected chi connectivity index (χ0v) is 15.0. The fourth-order valence-electron chi connectivity index (χ4n) is 4.21. The summed E-state index contributed by atoms with van der Waals surface area (Å²) in [6.07, 6.45) is 0. The van der Waals surface area contributed by atoms with E-state index >= 15 is 0 Å². The van der Waals surface area contributed by atoms with Crippen molar-refractivity contribution in [3.8, 4) is 0 Å². The molecule has 2 aromatic carbocycles. The first-order valence-electron chi connectivity index (χ1n) is 8.30. The predicted octanol–water partition coefficient (Wildman–Crippen LogP) is 4.51. The first-order valence-corrected chi connectivity index (χ1v) is 8.30. The highest BCUT2D eigenvalue weighted by Gasteiger charge is 2.33. The number of hydrogen-bond donors (Lipinski definition) is 2. The van der Waals surface area contributed by atoms with E-state index in [0.29, 0.717) is 0 Å². The molecular formula is C21H26N2. The van der Waals surface area contributed by atoms with Crippen LogP contribution in [0.15, 0.2) is 24.3 Å².